The number of halogens is 3. The van der Waals surface area contributed by atoms with Gasteiger partial charge in [0.1, 0.15) is 24.7 Å². The summed E-state index contributed by atoms with van der Waals surface area (Å²) in [7, 11) is -2.57. The molecule has 0 bridgehead atoms. The van der Waals surface area contributed by atoms with Crippen molar-refractivity contribution >= 4 is 82.8 Å². The Balaban J connectivity index is 0.000000735. The zero-order valence-electron chi connectivity index (χ0n) is 28.1. The normalized spacial score (nSPS) is 11.3. The summed E-state index contributed by atoms with van der Waals surface area (Å²) >= 11 is 17.5. The second kappa shape index (κ2) is 23.8. The van der Waals surface area contributed by atoms with Crippen LogP contribution in [-0.4, -0.2) is 93.1 Å². The van der Waals surface area contributed by atoms with Crippen molar-refractivity contribution in [3.63, 3.8) is 0 Å². The molecule has 0 aliphatic heterocycles. The molecule has 1 atom stereocenters. The van der Waals surface area contributed by atoms with Gasteiger partial charge in [-0.3, -0.25) is 20.2 Å². The lowest BCUT2D eigenvalue weighted by molar-refractivity contribution is -0.385. The third-order valence-corrected chi connectivity index (χ3v) is 5.96. The van der Waals surface area contributed by atoms with Crippen LogP contribution in [0.5, 0.6) is 11.5 Å². The summed E-state index contributed by atoms with van der Waals surface area (Å²) in [6, 6.07) is 8.61. The van der Waals surface area contributed by atoms with E-state index in [0.717, 1.165) is 19.7 Å². The molecule has 0 aliphatic rings. The summed E-state index contributed by atoms with van der Waals surface area (Å²) < 4.78 is 20.0. The fraction of sp³-hybridized carbons (Fsp3) is 0.393. The molecule has 17 nitrogen and oxygen atoms in total. The Hall–Kier alpha value is -3.48. The Morgan fingerprint density at radius 3 is 2.14 bits per heavy atom. The number of ether oxygens (including phenoxy) is 2. The van der Waals surface area contributed by atoms with E-state index < -0.39 is 37.3 Å². The second-order valence-electron chi connectivity index (χ2n) is 10.0. The van der Waals surface area contributed by atoms with Crippen molar-refractivity contribution in [3.05, 3.63) is 67.4 Å². The molecule has 1 aromatic heterocycles. The third kappa shape index (κ3) is 21.6. The van der Waals surface area contributed by atoms with Crippen LogP contribution in [0.4, 0.5) is 17.6 Å². The maximum atomic E-state index is 11.6. The monoisotopic (exact) mass is 801 g/mol. The summed E-state index contributed by atoms with van der Waals surface area (Å²) in [6.45, 7) is 6.25. The first-order valence-electron chi connectivity index (χ1n) is 14.0. The molecule has 1 unspecified atom stereocenters. The fourth-order valence-electron chi connectivity index (χ4n) is 2.91. The molecule has 0 radical (unpaired) electrons. The molecular weight excluding hydrogens is 764 g/mol. The van der Waals surface area contributed by atoms with Gasteiger partial charge in [0, 0.05) is 29.7 Å². The van der Waals surface area contributed by atoms with Gasteiger partial charge in [-0.05, 0) is 67.5 Å². The molecule has 22 heteroatoms. The highest BCUT2D eigenvalue weighted by atomic mass is 35.5. The number of anilines is 2. The number of carbonyl (C=O) groups is 2. The fourth-order valence-corrected chi connectivity index (χ4v) is 3.91. The van der Waals surface area contributed by atoms with Gasteiger partial charge in [0.05, 0.1) is 48.7 Å². The molecular formula is C28H39Cl3N7O10PS. The zero-order valence-corrected chi connectivity index (χ0v) is 32.1. The number of carbonyl (C=O) groups excluding carboxylic acids is 1. The van der Waals surface area contributed by atoms with Crippen molar-refractivity contribution in [3.8, 4) is 11.5 Å². The second-order valence-corrected chi connectivity index (χ2v) is 15.2. The summed E-state index contributed by atoms with van der Waals surface area (Å²) in [5.41, 5.74) is -0.587. The van der Waals surface area contributed by atoms with Crippen LogP contribution in [0.25, 0.3) is 0 Å². The average molecular weight is 803 g/mol. The smallest absolute Gasteiger partial charge is 0.345 e. The Bertz CT molecular complexity index is 1600. The number of aliphatic carboxylic acids is 1. The largest absolute Gasteiger partial charge is 0.778 e. The van der Waals surface area contributed by atoms with E-state index in [-0.39, 0.29) is 33.3 Å². The van der Waals surface area contributed by atoms with Crippen molar-refractivity contribution in [1.82, 2.24) is 20.3 Å². The number of carboxylic acid groups (broad SMARTS) is 1. The van der Waals surface area contributed by atoms with Crippen LogP contribution in [0.3, 0.4) is 0 Å². The first-order chi connectivity index (χ1) is 23.2. The molecule has 3 rings (SSSR count). The Kier molecular flexibility index (Phi) is 22.2. The molecule has 0 spiro atoms. The molecule has 0 saturated heterocycles. The number of hydrogen-bond acceptors (Lipinski definition) is 14. The van der Waals surface area contributed by atoms with Crippen molar-refractivity contribution in [1.29, 1.82) is 0 Å². The summed E-state index contributed by atoms with van der Waals surface area (Å²) in [5.74, 6) is -0.509. The van der Waals surface area contributed by atoms with Gasteiger partial charge in [0.2, 0.25) is 17.2 Å². The molecule has 3 aromatic rings. The van der Waals surface area contributed by atoms with E-state index in [9.17, 15) is 29.2 Å². The lowest BCUT2D eigenvalue weighted by Gasteiger charge is -2.14. The standard InChI is InChI=1S/C14H9Cl2NO5.C8H14ClN5.C3H8NO5P.C3H9S/c1-21-14(18)10-7-9(3-4-12(10)17(19)20)22-13-5-2-8(15)6-11(13)16;1-4-10-7-12-6(9)13-8(14-7)11-5(2)3;5-3(6)1-4-2-10(7,8)9;1-4(2)3/h2-7H,1H3;5H,4H2,1-3H3,(H2,10,11,12,13,14);4H,1-2H2,(H,5,6)(H2,7,8,9);1-3H3/q;;;+1/p-1. The highest BCUT2D eigenvalue weighted by molar-refractivity contribution is 7.94. The number of rotatable bonds is 12. The van der Waals surface area contributed by atoms with Crippen LogP contribution in [0, 0.1) is 10.1 Å². The Morgan fingerprint density at radius 1 is 1.06 bits per heavy atom. The predicted molar refractivity (Wildman–Crippen MR) is 194 cm³/mol. The van der Waals surface area contributed by atoms with Crippen LogP contribution < -0.4 is 25.6 Å². The highest BCUT2D eigenvalue weighted by Gasteiger charge is 2.22. The van der Waals surface area contributed by atoms with E-state index in [0.29, 0.717) is 33.6 Å². The van der Waals surface area contributed by atoms with Crippen molar-refractivity contribution in [2.24, 2.45) is 0 Å². The van der Waals surface area contributed by atoms with Gasteiger partial charge in [-0.1, -0.05) is 23.2 Å². The quantitative estimate of drug-likeness (QED) is 0.0536. The number of aromatic nitrogens is 3. The SMILES string of the molecule is CCNc1nc(Cl)nc(NC(C)C)n1.COC(=O)c1cc(Oc2ccc(Cl)cc2Cl)ccc1[N+](=O)[O-].C[S+](C)C.O=C(O)CNCP(=O)([O-])O. The summed E-state index contributed by atoms with van der Waals surface area (Å²) in [5, 5.41) is 27.8. The third-order valence-electron chi connectivity index (χ3n) is 4.64. The maximum Gasteiger partial charge on any atom is 0.345 e. The number of benzene rings is 2. The number of nitro benzene ring substituents is 1. The number of nitro groups is 1. The van der Waals surface area contributed by atoms with Crippen LogP contribution in [0.1, 0.15) is 31.1 Å². The van der Waals surface area contributed by atoms with Crippen molar-refractivity contribution in [2.45, 2.75) is 26.8 Å². The number of hydrogen-bond donors (Lipinski definition) is 5. The average Bonchev–Trinajstić information content (AvgIpc) is 2.97. The first kappa shape index (κ1) is 46.5. The number of nitrogens with zero attached hydrogens (tertiary/aromatic N) is 4. The van der Waals surface area contributed by atoms with Crippen LogP contribution in [0.2, 0.25) is 15.3 Å². The van der Waals surface area contributed by atoms with Crippen LogP contribution >= 0.6 is 42.4 Å². The van der Waals surface area contributed by atoms with Gasteiger partial charge in [-0.25, -0.2) is 4.79 Å². The Morgan fingerprint density at radius 2 is 1.66 bits per heavy atom. The van der Waals surface area contributed by atoms with Crippen molar-refractivity contribution < 1.29 is 43.4 Å². The first-order valence-corrected chi connectivity index (χ1v) is 19.4. The van der Waals surface area contributed by atoms with E-state index in [2.05, 4.69) is 49.1 Å². The van der Waals surface area contributed by atoms with Gasteiger partial charge in [0.25, 0.3) is 5.69 Å². The van der Waals surface area contributed by atoms with E-state index in [4.69, 9.17) is 49.5 Å². The molecule has 50 heavy (non-hydrogen) atoms. The zero-order chi connectivity index (χ0) is 38.6. The predicted octanol–water partition coefficient (Wildman–Crippen LogP) is 4.92. The van der Waals surface area contributed by atoms with E-state index in [1.165, 1.54) is 18.2 Å². The molecule has 5 N–H and O–H groups in total. The molecule has 0 aliphatic carbocycles. The number of carboxylic acids is 1. The molecule has 278 valence electrons. The van der Waals surface area contributed by atoms with Gasteiger partial charge in [0.15, 0.2) is 0 Å². The minimum absolute atomic E-state index is 0.194. The lowest BCUT2D eigenvalue weighted by Crippen LogP contribution is -2.25. The van der Waals surface area contributed by atoms with Gasteiger partial charge >= 0.3 is 11.9 Å². The van der Waals surface area contributed by atoms with E-state index in [1.54, 1.807) is 12.1 Å². The molecule has 1 heterocycles. The van der Waals surface area contributed by atoms with Crippen LogP contribution in [0.15, 0.2) is 36.4 Å². The van der Waals surface area contributed by atoms with Gasteiger partial charge in [-0.2, -0.15) is 15.0 Å². The molecule has 0 fully saturated rings. The Labute approximate surface area is 307 Å². The van der Waals surface area contributed by atoms with Gasteiger partial charge < -0.3 is 39.6 Å². The van der Waals surface area contributed by atoms with Crippen molar-refractivity contribution in [2.75, 3.05) is 55.9 Å². The van der Waals surface area contributed by atoms with Crippen LogP contribution in [-0.2, 0) is 25.0 Å². The van der Waals surface area contributed by atoms with Gasteiger partial charge in [-0.15, -0.1) is 0 Å². The lowest BCUT2D eigenvalue weighted by atomic mass is 10.1. The topological polar surface area (TPSA) is 251 Å². The van der Waals surface area contributed by atoms with E-state index >= 15 is 0 Å². The summed E-state index contributed by atoms with van der Waals surface area (Å²) in [4.78, 5) is 61.6. The minimum atomic E-state index is -4.35. The number of methoxy groups -OCH3 is 1. The molecule has 0 amide bonds. The highest BCUT2D eigenvalue weighted by Crippen LogP contribution is 2.33. The maximum absolute atomic E-state index is 11.6. The minimum Gasteiger partial charge on any atom is -0.778 e. The number of esters is 1. The molecule has 2 aromatic carbocycles. The van der Waals surface area contributed by atoms with E-state index in [1.807, 2.05) is 26.1 Å². The molecule has 0 saturated carbocycles. The summed E-state index contributed by atoms with van der Waals surface area (Å²) in [6.07, 6.45) is 5.87. The number of nitrogens with one attached hydrogen (secondary N) is 3.